The van der Waals surface area contributed by atoms with E-state index in [1.54, 1.807) is 30.6 Å². The molecule has 6 fully saturated rings. The van der Waals surface area contributed by atoms with Crippen LogP contribution in [0.5, 0.6) is 5.75 Å². The highest BCUT2D eigenvalue weighted by Gasteiger charge is 2.49. The third kappa shape index (κ3) is 17.9. The third-order valence-corrected chi connectivity index (χ3v) is 25.3. The molecule has 3 N–H and O–H groups in total. The molecular formula is C91H107FN6O7S. The average molecular weight is 1450 g/mol. The zero-order chi connectivity index (χ0) is 73.7. The number of halogens is 1. The number of carbonyl (C=O) groups is 3. The van der Waals surface area contributed by atoms with Crippen molar-refractivity contribution in [1.82, 2.24) is 29.4 Å². The number of likely N-dealkylation sites (tertiary alicyclic amines) is 6. The highest BCUT2D eigenvalue weighted by atomic mass is 32.1. The van der Waals surface area contributed by atoms with Gasteiger partial charge in [0.05, 0.1) is 7.11 Å². The predicted molar refractivity (Wildman–Crippen MR) is 424 cm³/mol. The molecule has 106 heavy (non-hydrogen) atoms. The van der Waals surface area contributed by atoms with Gasteiger partial charge < -0.3 is 34.8 Å². The number of rotatable bonds is 22. The third-order valence-electron chi connectivity index (χ3n) is 24.6. The van der Waals surface area contributed by atoms with E-state index in [2.05, 4.69) is 155 Å². The number of carboxylic acids is 3. The first-order valence-electron chi connectivity index (χ1n) is 38.8. The van der Waals surface area contributed by atoms with E-state index in [1.165, 1.54) is 46.2 Å². The van der Waals surface area contributed by atoms with E-state index in [1.807, 2.05) is 112 Å². The van der Waals surface area contributed by atoms with E-state index in [4.69, 9.17) is 4.74 Å². The molecular weight excluding hydrogens is 1340 g/mol. The number of ether oxygens (including phenoxy) is 1. The molecule has 0 aliphatic carbocycles. The zero-order valence-corrected chi connectivity index (χ0v) is 63.0. The number of para-hydroxylation sites is 1. The van der Waals surface area contributed by atoms with Crippen molar-refractivity contribution < 1.29 is 38.8 Å². The van der Waals surface area contributed by atoms with Crippen LogP contribution < -0.4 is 4.74 Å². The Morgan fingerprint density at radius 3 is 1.47 bits per heavy atom. The molecule has 0 radical (unpaired) electrons. The van der Waals surface area contributed by atoms with E-state index in [0.717, 1.165) is 152 Å². The van der Waals surface area contributed by atoms with Gasteiger partial charge in [0.25, 0.3) is 0 Å². The summed E-state index contributed by atoms with van der Waals surface area (Å²) in [5.41, 5.74) is 8.69. The summed E-state index contributed by atoms with van der Waals surface area (Å²) in [6.07, 6.45) is 6.78. The van der Waals surface area contributed by atoms with Crippen molar-refractivity contribution in [1.29, 1.82) is 0 Å². The normalized spacial score (nSPS) is 23.1. The number of aliphatic carboxylic acids is 3. The van der Waals surface area contributed by atoms with Gasteiger partial charge in [-0.2, -0.15) is 11.3 Å². The van der Waals surface area contributed by atoms with Gasteiger partial charge in [-0.3, -0.25) is 24.3 Å². The molecule has 0 saturated carbocycles. The summed E-state index contributed by atoms with van der Waals surface area (Å²) in [4.78, 5) is 51.8. The zero-order valence-electron chi connectivity index (χ0n) is 62.2. The number of carboxylic acid groups (broad SMARTS) is 3. The second kappa shape index (κ2) is 35.6. The van der Waals surface area contributed by atoms with Crippen LogP contribution in [0.25, 0.3) is 10.8 Å². The van der Waals surface area contributed by atoms with Crippen molar-refractivity contribution in [2.24, 2.45) is 23.7 Å². The van der Waals surface area contributed by atoms with E-state index in [0.29, 0.717) is 53.3 Å². The quantitative estimate of drug-likeness (QED) is 0.0593. The highest BCUT2D eigenvalue weighted by Crippen LogP contribution is 2.45. The Kier molecular flexibility index (Phi) is 25.4. The molecule has 15 heteroatoms. The van der Waals surface area contributed by atoms with Crippen molar-refractivity contribution in [3.63, 3.8) is 0 Å². The van der Waals surface area contributed by atoms with Crippen LogP contribution in [0.15, 0.2) is 229 Å². The number of methoxy groups -OCH3 is 1. The Balaban J connectivity index is 0.000000141. The van der Waals surface area contributed by atoms with Gasteiger partial charge in [-0.25, -0.2) is 9.18 Å². The fourth-order valence-corrected chi connectivity index (χ4v) is 19.6. The molecule has 4 unspecified atom stereocenters. The van der Waals surface area contributed by atoms with Gasteiger partial charge >= 0.3 is 17.9 Å². The average Bonchev–Trinajstić information content (AvgIpc) is 1.58. The van der Waals surface area contributed by atoms with Crippen LogP contribution in [0, 0.1) is 29.5 Å². The van der Waals surface area contributed by atoms with Crippen LogP contribution in [0.1, 0.15) is 145 Å². The lowest BCUT2D eigenvalue weighted by atomic mass is 9.86. The number of thiophene rings is 1. The summed E-state index contributed by atoms with van der Waals surface area (Å²) in [7, 11) is 1.76. The number of nitrogens with zero attached hydrogens (tertiary/aromatic N) is 6. The Hall–Kier alpha value is -8.38. The summed E-state index contributed by atoms with van der Waals surface area (Å²) >= 11 is 1.71. The van der Waals surface area contributed by atoms with E-state index in [-0.39, 0.29) is 11.7 Å². The molecule has 7 heterocycles. The summed E-state index contributed by atoms with van der Waals surface area (Å²) in [6, 6.07) is 72.6. The standard InChI is InChI=1S/C32H33FN2O2S.C31H36N2O2.C28H38N2O3/c33-27-10-8-22(9-11-27)23-12-15-34(16-13-23)18-26-19-35(20-30(26)25-14-17-38-21-25)31(32(36)37)29-7-3-5-24-4-1-2-6-28(24)29;1-31(30(34)35,28-15-9-4-10-16-28)33-22-27(29(23-33)26-13-7-3-8-14-26)21-32-19-17-25(18-20-32)24-11-5-2-6-12-24;1-20(2)27(28(31)32)30-18-23(25(19-30)21-9-5-4-6-10-21)17-29-15-13-22(14-16-29)24-11-7-8-12-26(24)33-3/h1-11,14,17,21,23,26,30-31H,12-13,15-16,18-20H2,(H,36,37);2-16,25,27,29H,17-23H2,1H3,(H,34,35);4-12,20,22-23,25,27H,13-19H2,1-3H3,(H,31,32)/t26-,30+,31?;27-,29?,31-;23-,25?,27?/m100/s1. The van der Waals surface area contributed by atoms with Crippen LogP contribution in [0.3, 0.4) is 0 Å². The van der Waals surface area contributed by atoms with Gasteiger partial charge in [0, 0.05) is 76.7 Å². The molecule has 6 aliphatic heterocycles. The van der Waals surface area contributed by atoms with Gasteiger partial charge in [0.1, 0.15) is 29.2 Å². The maximum absolute atomic E-state index is 13.4. The lowest BCUT2D eigenvalue weighted by Crippen LogP contribution is -2.49. The molecule has 1 aromatic heterocycles. The Bertz CT molecular complexity index is 4240. The van der Waals surface area contributed by atoms with Gasteiger partial charge in [-0.15, -0.1) is 0 Å². The van der Waals surface area contributed by atoms with Crippen LogP contribution in [0.2, 0.25) is 0 Å². The van der Waals surface area contributed by atoms with E-state index >= 15 is 0 Å². The summed E-state index contributed by atoms with van der Waals surface area (Å²) in [5.74, 6) is 2.52. The fraction of sp³-hybridized carbons (Fsp3) is 0.418. The van der Waals surface area contributed by atoms with Crippen molar-refractivity contribution >= 4 is 40.0 Å². The number of hydrogen-bond acceptors (Lipinski definition) is 11. The highest BCUT2D eigenvalue weighted by molar-refractivity contribution is 7.08. The van der Waals surface area contributed by atoms with Crippen LogP contribution in [-0.4, -0.2) is 174 Å². The SMILES string of the molecule is COc1ccccc1C1CCN(C[C@H]2CN(C(C(=O)O)C(C)C)CC2c2ccccc2)CC1.C[C@@](C(=O)O)(c1ccccc1)N1CC(c2ccccc2)[C@@H](CN2CCC(c3ccccc3)CC2)C1.O=C(O)C(c1cccc2ccccc12)N1C[C@@H](CN2CCC(c3ccc(F)cc3)CC2)[C@H](c2ccsc2)C1. The van der Waals surface area contributed by atoms with Gasteiger partial charge in [-0.05, 0) is 216 Å². The van der Waals surface area contributed by atoms with Crippen molar-refractivity contribution in [2.75, 3.05) is 105 Å². The maximum atomic E-state index is 13.4. The molecule has 0 spiro atoms. The first-order chi connectivity index (χ1) is 51.6. The first-order valence-corrected chi connectivity index (χ1v) is 39.7. The largest absolute Gasteiger partial charge is 0.496 e. The Morgan fingerprint density at radius 1 is 0.481 bits per heavy atom. The molecule has 15 rings (SSSR count). The molecule has 9 aromatic rings. The van der Waals surface area contributed by atoms with Crippen LogP contribution >= 0.6 is 11.3 Å². The minimum atomic E-state index is -1.04. The van der Waals surface area contributed by atoms with E-state index < -0.39 is 35.5 Å². The van der Waals surface area contributed by atoms with Crippen LogP contribution in [-0.2, 0) is 19.9 Å². The second-order valence-electron chi connectivity index (χ2n) is 31.3. The summed E-state index contributed by atoms with van der Waals surface area (Å²) in [6.45, 7) is 20.0. The van der Waals surface area contributed by atoms with Crippen molar-refractivity contribution in [3.05, 3.63) is 279 Å². The molecule has 6 saturated heterocycles. The second-order valence-corrected chi connectivity index (χ2v) is 32.1. The maximum Gasteiger partial charge on any atom is 0.328 e. The first kappa shape index (κ1) is 75.8. The molecule has 6 aliphatic rings. The van der Waals surface area contributed by atoms with Gasteiger partial charge in [-0.1, -0.05) is 208 Å². The lowest BCUT2D eigenvalue weighted by Gasteiger charge is -2.36. The molecule has 13 nitrogen and oxygen atoms in total. The number of hydrogen-bond donors (Lipinski definition) is 3. The van der Waals surface area contributed by atoms with Gasteiger partial charge in [0.2, 0.25) is 0 Å². The molecule has 9 atom stereocenters. The Labute approximate surface area is 631 Å². The molecule has 8 aromatic carbocycles. The van der Waals surface area contributed by atoms with Gasteiger partial charge in [0.15, 0.2) is 0 Å². The minimum absolute atomic E-state index is 0.0919. The predicted octanol–water partition coefficient (Wildman–Crippen LogP) is 17.0. The van der Waals surface area contributed by atoms with Crippen molar-refractivity contribution in [3.8, 4) is 5.75 Å². The smallest absolute Gasteiger partial charge is 0.328 e. The molecule has 556 valence electrons. The monoisotopic (exact) mass is 1450 g/mol. The number of piperidine rings is 3. The molecule has 0 bridgehead atoms. The number of benzene rings is 8. The fourth-order valence-electron chi connectivity index (χ4n) is 18.9. The Morgan fingerprint density at radius 2 is 0.943 bits per heavy atom. The topological polar surface area (TPSA) is 141 Å². The lowest BCUT2D eigenvalue weighted by molar-refractivity contribution is -0.151. The summed E-state index contributed by atoms with van der Waals surface area (Å²) in [5, 5.41) is 37.2. The molecule has 0 amide bonds. The van der Waals surface area contributed by atoms with E-state index in [9.17, 15) is 34.1 Å². The summed E-state index contributed by atoms with van der Waals surface area (Å²) < 4.78 is 19.0. The van der Waals surface area contributed by atoms with Crippen molar-refractivity contribution in [2.45, 2.75) is 112 Å². The van der Waals surface area contributed by atoms with Crippen LogP contribution in [0.4, 0.5) is 4.39 Å². The number of fused-ring (bicyclic) bond motifs is 1. The minimum Gasteiger partial charge on any atom is -0.496 e.